The van der Waals surface area contributed by atoms with Crippen LogP contribution in [0.2, 0.25) is 0 Å². The van der Waals surface area contributed by atoms with Crippen molar-refractivity contribution in [1.82, 2.24) is 29.8 Å². The van der Waals surface area contributed by atoms with E-state index in [2.05, 4.69) is 39.1 Å². The van der Waals surface area contributed by atoms with Crippen molar-refractivity contribution in [2.24, 2.45) is 0 Å². The number of aromatic nitrogens is 5. The molecule has 0 unspecified atom stereocenters. The molecule has 1 aromatic carbocycles. The van der Waals surface area contributed by atoms with Crippen LogP contribution < -0.4 is 0 Å². The van der Waals surface area contributed by atoms with Gasteiger partial charge in [0.05, 0.1) is 11.3 Å². The summed E-state index contributed by atoms with van der Waals surface area (Å²) in [5.41, 5.74) is 0.845. The summed E-state index contributed by atoms with van der Waals surface area (Å²) in [7, 11) is 0. The van der Waals surface area contributed by atoms with Crippen molar-refractivity contribution < 1.29 is 8.91 Å². The zero-order valence-corrected chi connectivity index (χ0v) is 19.1. The van der Waals surface area contributed by atoms with E-state index in [9.17, 15) is 4.39 Å². The third-order valence-electron chi connectivity index (χ3n) is 5.64. The Morgan fingerprint density at radius 3 is 2.55 bits per heavy atom. The SMILES string of the molecule is CCCc1noc([C@H](C)Sc2nnc([C@H](C)N3CCCCC3)n2-c2ccc(F)cc2)n1. The lowest BCUT2D eigenvalue weighted by atomic mass is 10.1. The summed E-state index contributed by atoms with van der Waals surface area (Å²) < 4.78 is 21.1. The first-order chi connectivity index (χ1) is 15.1. The third-order valence-corrected chi connectivity index (χ3v) is 6.67. The number of thioether (sulfide) groups is 1. The van der Waals surface area contributed by atoms with Gasteiger partial charge in [-0.3, -0.25) is 9.47 Å². The monoisotopic (exact) mass is 444 g/mol. The van der Waals surface area contributed by atoms with Gasteiger partial charge in [0.25, 0.3) is 0 Å². The second-order valence-electron chi connectivity index (χ2n) is 7.98. The molecule has 3 aromatic rings. The molecule has 0 saturated carbocycles. The van der Waals surface area contributed by atoms with Gasteiger partial charge in [0, 0.05) is 12.1 Å². The molecule has 0 spiro atoms. The molecule has 0 bridgehead atoms. The minimum absolute atomic E-state index is 0.0837. The highest BCUT2D eigenvalue weighted by Crippen LogP contribution is 2.36. The van der Waals surface area contributed by atoms with E-state index in [1.807, 2.05) is 11.5 Å². The van der Waals surface area contributed by atoms with Crippen LogP contribution in [-0.4, -0.2) is 42.9 Å². The van der Waals surface area contributed by atoms with E-state index in [1.165, 1.54) is 43.2 Å². The molecule has 7 nitrogen and oxygen atoms in total. The minimum atomic E-state index is -0.265. The maximum atomic E-state index is 13.6. The van der Waals surface area contributed by atoms with Gasteiger partial charge in [0.1, 0.15) is 5.82 Å². The van der Waals surface area contributed by atoms with Gasteiger partial charge in [-0.25, -0.2) is 4.39 Å². The van der Waals surface area contributed by atoms with Crippen LogP contribution in [0, 0.1) is 5.82 Å². The molecule has 1 fully saturated rings. The topological polar surface area (TPSA) is 72.9 Å². The standard InChI is InChI=1S/C22H29FN6OS/c1-4-8-19-24-21(30-27-19)16(3)31-22-26-25-20(15(2)28-13-6-5-7-14-28)29(22)18-11-9-17(23)10-12-18/h9-12,15-16H,4-8,13-14H2,1-3H3/t15-,16-/m0/s1. The highest BCUT2D eigenvalue weighted by atomic mass is 32.2. The summed E-state index contributed by atoms with van der Waals surface area (Å²) in [6.07, 6.45) is 5.44. The molecular formula is C22H29FN6OS. The molecular weight excluding hydrogens is 415 g/mol. The van der Waals surface area contributed by atoms with Crippen LogP contribution in [0.1, 0.15) is 75.3 Å². The molecule has 1 aliphatic rings. The Balaban J connectivity index is 1.64. The summed E-state index contributed by atoms with van der Waals surface area (Å²) in [6, 6.07) is 6.59. The summed E-state index contributed by atoms with van der Waals surface area (Å²) >= 11 is 1.52. The zero-order chi connectivity index (χ0) is 21.8. The molecule has 4 rings (SSSR count). The Hall–Kier alpha value is -2.26. The Bertz CT molecular complexity index is 982. The number of halogens is 1. The molecule has 3 heterocycles. The van der Waals surface area contributed by atoms with E-state index in [0.29, 0.717) is 5.89 Å². The van der Waals surface area contributed by atoms with Crippen LogP contribution in [0.3, 0.4) is 0 Å². The molecule has 0 radical (unpaired) electrons. The summed E-state index contributed by atoms with van der Waals surface area (Å²) in [6.45, 7) is 8.38. The normalized spacial score (nSPS) is 17.0. The molecule has 1 aliphatic heterocycles. The van der Waals surface area contributed by atoms with E-state index in [4.69, 9.17) is 4.52 Å². The zero-order valence-electron chi connectivity index (χ0n) is 18.3. The average molecular weight is 445 g/mol. The van der Waals surface area contributed by atoms with E-state index in [-0.39, 0.29) is 17.1 Å². The Morgan fingerprint density at radius 2 is 1.84 bits per heavy atom. The quantitative estimate of drug-likeness (QED) is 0.445. The highest BCUT2D eigenvalue weighted by Gasteiger charge is 2.27. The van der Waals surface area contributed by atoms with Crippen molar-refractivity contribution in [1.29, 1.82) is 0 Å². The average Bonchev–Trinajstić information content (AvgIpc) is 3.42. The molecule has 166 valence electrons. The van der Waals surface area contributed by atoms with Gasteiger partial charge in [-0.1, -0.05) is 30.3 Å². The maximum absolute atomic E-state index is 13.6. The smallest absolute Gasteiger partial charge is 0.239 e. The van der Waals surface area contributed by atoms with Gasteiger partial charge in [0.15, 0.2) is 16.8 Å². The van der Waals surface area contributed by atoms with Crippen LogP contribution >= 0.6 is 11.8 Å². The van der Waals surface area contributed by atoms with Crippen molar-refractivity contribution >= 4 is 11.8 Å². The van der Waals surface area contributed by atoms with E-state index < -0.39 is 0 Å². The molecule has 2 aromatic heterocycles. The molecule has 0 aliphatic carbocycles. The minimum Gasteiger partial charge on any atom is -0.338 e. The van der Waals surface area contributed by atoms with Crippen molar-refractivity contribution in [2.45, 2.75) is 69.3 Å². The summed E-state index contributed by atoms with van der Waals surface area (Å²) in [5.74, 6) is 1.90. The number of likely N-dealkylation sites (tertiary alicyclic amines) is 1. The van der Waals surface area contributed by atoms with E-state index in [1.54, 1.807) is 12.1 Å². The van der Waals surface area contributed by atoms with Gasteiger partial charge >= 0.3 is 0 Å². The second kappa shape index (κ2) is 9.91. The van der Waals surface area contributed by atoms with Crippen LogP contribution in [0.4, 0.5) is 4.39 Å². The van der Waals surface area contributed by atoms with Gasteiger partial charge in [-0.05, 0) is 70.5 Å². The fraction of sp³-hybridized carbons (Fsp3) is 0.545. The fourth-order valence-corrected chi connectivity index (χ4v) is 4.80. The number of aryl methyl sites for hydroxylation is 1. The molecule has 31 heavy (non-hydrogen) atoms. The van der Waals surface area contributed by atoms with Gasteiger partial charge in [0.2, 0.25) is 5.89 Å². The first kappa shape index (κ1) is 22.0. The first-order valence-electron chi connectivity index (χ1n) is 11.0. The van der Waals surface area contributed by atoms with Gasteiger partial charge in [-0.15, -0.1) is 10.2 Å². The fourth-order valence-electron chi connectivity index (χ4n) is 3.90. The maximum Gasteiger partial charge on any atom is 0.239 e. The highest BCUT2D eigenvalue weighted by molar-refractivity contribution is 7.99. The Morgan fingerprint density at radius 1 is 1.10 bits per heavy atom. The van der Waals surface area contributed by atoms with E-state index >= 15 is 0 Å². The van der Waals surface area contributed by atoms with Crippen molar-refractivity contribution in [2.75, 3.05) is 13.1 Å². The number of rotatable bonds is 8. The molecule has 0 N–H and O–H groups in total. The molecule has 2 atom stereocenters. The third kappa shape index (κ3) is 4.98. The van der Waals surface area contributed by atoms with Crippen molar-refractivity contribution in [3.05, 3.63) is 47.6 Å². The Kier molecular flexibility index (Phi) is 7.02. The predicted octanol–water partition coefficient (Wildman–Crippen LogP) is 5.14. The van der Waals surface area contributed by atoms with Gasteiger partial charge < -0.3 is 4.52 Å². The molecule has 0 amide bonds. The van der Waals surface area contributed by atoms with Crippen LogP contribution in [-0.2, 0) is 6.42 Å². The first-order valence-corrected chi connectivity index (χ1v) is 11.9. The molecule has 1 saturated heterocycles. The van der Waals surface area contributed by atoms with Gasteiger partial charge in [-0.2, -0.15) is 4.98 Å². The lowest BCUT2D eigenvalue weighted by Gasteiger charge is -2.31. The predicted molar refractivity (Wildman–Crippen MR) is 118 cm³/mol. The number of hydrogen-bond donors (Lipinski definition) is 0. The van der Waals surface area contributed by atoms with Crippen LogP contribution in [0.25, 0.3) is 5.69 Å². The number of piperidine rings is 1. The second-order valence-corrected chi connectivity index (χ2v) is 9.29. The Labute approximate surface area is 186 Å². The number of benzene rings is 1. The van der Waals surface area contributed by atoms with Crippen molar-refractivity contribution in [3.63, 3.8) is 0 Å². The number of hydrogen-bond acceptors (Lipinski definition) is 7. The lowest BCUT2D eigenvalue weighted by molar-refractivity contribution is 0.167. The van der Waals surface area contributed by atoms with Crippen LogP contribution in [0.15, 0.2) is 33.9 Å². The van der Waals surface area contributed by atoms with Crippen molar-refractivity contribution in [3.8, 4) is 5.69 Å². The van der Waals surface area contributed by atoms with E-state index in [0.717, 1.165) is 48.4 Å². The molecule has 9 heteroatoms. The number of nitrogens with zero attached hydrogens (tertiary/aromatic N) is 6. The summed E-state index contributed by atoms with van der Waals surface area (Å²) in [4.78, 5) is 6.96. The van der Waals surface area contributed by atoms with Crippen LogP contribution in [0.5, 0.6) is 0 Å². The lowest BCUT2D eigenvalue weighted by Crippen LogP contribution is -2.33. The summed E-state index contributed by atoms with van der Waals surface area (Å²) in [5, 5.41) is 13.8. The largest absolute Gasteiger partial charge is 0.338 e.